The molecule has 1 unspecified atom stereocenters. The minimum Gasteiger partial charge on any atom is -0.378 e. The van der Waals surface area contributed by atoms with Gasteiger partial charge < -0.3 is 20.7 Å². The lowest BCUT2D eigenvalue weighted by molar-refractivity contribution is -0.117. The van der Waals surface area contributed by atoms with Gasteiger partial charge in [0, 0.05) is 13.1 Å². The molecule has 5 heteroatoms. The molecular weight excluding hydrogens is 266 g/mol. The van der Waals surface area contributed by atoms with E-state index in [2.05, 4.69) is 24.1 Å². The van der Waals surface area contributed by atoms with E-state index in [4.69, 9.17) is 10.5 Å². The van der Waals surface area contributed by atoms with Gasteiger partial charge in [0.05, 0.1) is 30.6 Å². The Morgan fingerprint density at radius 2 is 2.00 bits per heavy atom. The molecule has 1 amide bonds. The number of rotatable bonds is 5. The van der Waals surface area contributed by atoms with Crippen molar-refractivity contribution in [3.63, 3.8) is 0 Å². The number of nitrogens with one attached hydrogen (secondary N) is 1. The maximum Gasteiger partial charge on any atom is 0.241 e. The van der Waals surface area contributed by atoms with Gasteiger partial charge >= 0.3 is 0 Å². The molecule has 1 aromatic carbocycles. The van der Waals surface area contributed by atoms with E-state index >= 15 is 0 Å². The second-order valence-electron chi connectivity index (χ2n) is 5.84. The number of amides is 1. The first kappa shape index (κ1) is 15.8. The largest absolute Gasteiger partial charge is 0.378 e. The highest BCUT2D eigenvalue weighted by Gasteiger charge is 2.19. The molecule has 3 N–H and O–H groups in total. The van der Waals surface area contributed by atoms with E-state index in [1.165, 1.54) is 0 Å². The van der Waals surface area contributed by atoms with Gasteiger partial charge in [-0.2, -0.15) is 0 Å². The summed E-state index contributed by atoms with van der Waals surface area (Å²) in [6, 6.07) is 7.38. The third kappa shape index (κ3) is 4.44. The maximum atomic E-state index is 12.2. The minimum absolute atomic E-state index is 0.121. The van der Waals surface area contributed by atoms with Crippen molar-refractivity contribution in [2.24, 2.45) is 11.7 Å². The predicted octanol–water partition coefficient (Wildman–Crippen LogP) is 1.84. The molecule has 0 radical (unpaired) electrons. The summed E-state index contributed by atoms with van der Waals surface area (Å²) in [7, 11) is 0. The van der Waals surface area contributed by atoms with E-state index in [0.717, 1.165) is 37.7 Å². The van der Waals surface area contributed by atoms with Gasteiger partial charge in [0.1, 0.15) is 0 Å². The third-order valence-corrected chi connectivity index (χ3v) is 3.58. The number of anilines is 2. The number of hydrogen-bond acceptors (Lipinski definition) is 4. The Morgan fingerprint density at radius 3 is 2.67 bits per heavy atom. The molecule has 0 spiro atoms. The zero-order valence-electron chi connectivity index (χ0n) is 12.8. The van der Waals surface area contributed by atoms with Gasteiger partial charge in [0.25, 0.3) is 0 Å². The number of ether oxygens (including phenoxy) is 1. The van der Waals surface area contributed by atoms with Crippen molar-refractivity contribution in [3.8, 4) is 0 Å². The van der Waals surface area contributed by atoms with Crippen molar-refractivity contribution in [2.45, 2.75) is 26.3 Å². The van der Waals surface area contributed by atoms with Crippen molar-refractivity contribution in [3.05, 3.63) is 24.3 Å². The van der Waals surface area contributed by atoms with Crippen molar-refractivity contribution < 1.29 is 9.53 Å². The van der Waals surface area contributed by atoms with Gasteiger partial charge in [-0.05, 0) is 24.5 Å². The summed E-state index contributed by atoms with van der Waals surface area (Å²) in [5, 5.41) is 2.97. The van der Waals surface area contributed by atoms with Crippen LogP contribution in [0.1, 0.15) is 20.3 Å². The lowest BCUT2D eigenvalue weighted by atomic mass is 10.0. The number of nitrogens with two attached hydrogens (primary N) is 1. The van der Waals surface area contributed by atoms with Gasteiger partial charge in [-0.3, -0.25) is 4.79 Å². The first-order chi connectivity index (χ1) is 10.1. The second-order valence-corrected chi connectivity index (χ2v) is 5.84. The highest BCUT2D eigenvalue weighted by atomic mass is 16.5. The number of hydrogen-bond donors (Lipinski definition) is 2. The number of morpholine rings is 1. The number of carbonyl (C=O) groups is 1. The van der Waals surface area contributed by atoms with E-state index in [9.17, 15) is 4.79 Å². The molecule has 0 saturated carbocycles. The van der Waals surface area contributed by atoms with Gasteiger partial charge in [-0.25, -0.2) is 0 Å². The fraction of sp³-hybridized carbons (Fsp3) is 0.562. The van der Waals surface area contributed by atoms with Crippen molar-refractivity contribution in [1.29, 1.82) is 0 Å². The van der Waals surface area contributed by atoms with Crippen molar-refractivity contribution >= 4 is 17.3 Å². The Bertz CT molecular complexity index is 470. The fourth-order valence-corrected chi connectivity index (χ4v) is 2.50. The van der Waals surface area contributed by atoms with E-state index in [1.807, 2.05) is 24.3 Å². The van der Waals surface area contributed by atoms with Gasteiger partial charge in [-0.15, -0.1) is 0 Å². The van der Waals surface area contributed by atoms with Crippen molar-refractivity contribution in [1.82, 2.24) is 0 Å². The predicted molar refractivity (Wildman–Crippen MR) is 85.5 cm³/mol. The first-order valence-electron chi connectivity index (χ1n) is 7.56. The molecule has 1 aliphatic heterocycles. The molecule has 1 atom stereocenters. The SMILES string of the molecule is CC(C)CC(N)C(=O)Nc1ccccc1N1CCOCC1. The summed E-state index contributed by atoms with van der Waals surface area (Å²) in [4.78, 5) is 14.4. The van der Waals surface area contributed by atoms with Crippen LogP contribution in [0, 0.1) is 5.92 Å². The van der Waals surface area contributed by atoms with E-state index in [-0.39, 0.29) is 5.91 Å². The number of nitrogens with zero attached hydrogens (tertiary/aromatic N) is 1. The Morgan fingerprint density at radius 1 is 1.33 bits per heavy atom. The van der Waals surface area contributed by atoms with Crippen LogP contribution in [0.2, 0.25) is 0 Å². The molecule has 1 aromatic rings. The molecule has 1 aliphatic rings. The minimum atomic E-state index is -0.470. The smallest absolute Gasteiger partial charge is 0.241 e. The van der Waals surface area contributed by atoms with Crippen LogP contribution in [0.25, 0.3) is 0 Å². The molecule has 116 valence electrons. The summed E-state index contributed by atoms with van der Waals surface area (Å²) in [5.74, 6) is 0.282. The monoisotopic (exact) mass is 291 g/mol. The molecule has 1 heterocycles. The lowest BCUT2D eigenvalue weighted by Crippen LogP contribution is -2.39. The summed E-state index contributed by atoms with van der Waals surface area (Å²) in [6.45, 7) is 7.24. The van der Waals surface area contributed by atoms with Gasteiger partial charge in [-0.1, -0.05) is 26.0 Å². The van der Waals surface area contributed by atoms with Gasteiger partial charge in [0.15, 0.2) is 0 Å². The molecule has 0 aliphatic carbocycles. The standard InChI is InChI=1S/C16H25N3O2/c1-12(2)11-13(17)16(20)18-14-5-3-4-6-15(14)19-7-9-21-10-8-19/h3-6,12-13H,7-11,17H2,1-2H3,(H,18,20). The van der Waals surface area contributed by atoms with Crippen LogP contribution in [0.4, 0.5) is 11.4 Å². The topological polar surface area (TPSA) is 67.6 Å². The molecule has 0 aromatic heterocycles. The molecule has 2 rings (SSSR count). The zero-order valence-corrected chi connectivity index (χ0v) is 12.8. The molecular formula is C16H25N3O2. The summed E-state index contributed by atoms with van der Waals surface area (Å²) in [5.41, 5.74) is 7.80. The first-order valence-corrected chi connectivity index (χ1v) is 7.56. The van der Waals surface area contributed by atoms with Gasteiger partial charge in [0.2, 0.25) is 5.91 Å². The van der Waals surface area contributed by atoms with Crippen LogP contribution in [0.3, 0.4) is 0 Å². The van der Waals surface area contributed by atoms with Crippen LogP contribution < -0.4 is 16.0 Å². The molecule has 0 bridgehead atoms. The van der Waals surface area contributed by atoms with Crippen LogP contribution in [-0.4, -0.2) is 38.3 Å². The average Bonchev–Trinajstić information content (AvgIpc) is 2.48. The highest BCUT2D eigenvalue weighted by Crippen LogP contribution is 2.26. The fourth-order valence-electron chi connectivity index (χ4n) is 2.50. The molecule has 5 nitrogen and oxygen atoms in total. The van der Waals surface area contributed by atoms with Crippen LogP contribution >= 0.6 is 0 Å². The van der Waals surface area contributed by atoms with Crippen LogP contribution in [0.5, 0.6) is 0 Å². The Kier molecular flexibility index (Phi) is 5.59. The lowest BCUT2D eigenvalue weighted by Gasteiger charge is -2.30. The Hall–Kier alpha value is -1.59. The van der Waals surface area contributed by atoms with E-state index < -0.39 is 6.04 Å². The average molecular weight is 291 g/mol. The summed E-state index contributed by atoms with van der Waals surface area (Å²) < 4.78 is 5.38. The van der Waals surface area contributed by atoms with Crippen LogP contribution in [0.15, 0.2) is 24.3 Å². The summed E-state index contributed by atoms with van der Waals surface area (Å²) >= 11 is 0. The molecule has 1 fully saturated rings. The van der Waals surface area contributed by atoms with E-state index in [0.29, 0.717) is 12.3 Å². The van der Waals surface area contributed by atoms with Crippen molar-refractivity contribution in [2.75, 3.05) is 36.5 Å². The Labute approximate surface area is 126 Å². The van der Waals surface area contributed by atoms with Crippen LogP contribution in [-0.2, 0) is 9.53 Å². The molecule has 1 saturated heterocycles. The molecule has 21 heavy (non-hydrogen) atoms. The zero-order chi connectivity index (χ0) is 15.2. The quantitative estimate of drug-likeness (QED) is 0.868. The number of para-hydroxylation sites is 2. The number of carbonyl (C=O) groups excluding carboxylic acids is 1. The third-order valence-electron chi connectivity index (χ3n) is 3.58. The maximum absolute atomic E-state index is 12.2. The Balaban J connectivity index is 2.07. The number of benzene rings is 1. The van der Waals surface area contributed by atoms with E-state index in [1.54, 1.807) is 0 Å². The highest BCUT2D eigenvalue weighted by molar-refractivity contribution is 5.97. The summed E-state index contributed by atoms with van der Waals surface area (Å²) in [6.07, 6.45) is 0.686. The normalized spacial score (nSPS) is 16.9. The second kappa shape index (κ2) is 7.43.